The number of sulfonamides is 1. The van der Waals surface area contributed by atoms with Crippen LogP contribution in [0.4, 0.5) is 5.69 Å². The van der Waals surface area contributed by atoms with Crippen molar-refractivity contribution in [3.8, 4) is 0 Å². The summed E-state index contributed by atoms with van der Waals surface area (Å²) < 4.78 is 32.2. The zero-order chi connectivity index (χ0) is 21.7. The Hall–Kier alpha value is -2.46. The number of carbonyl (C=O) groups excluding carboxylic acids is 1. The van der Waals surface area contributed by atoms with Crippen molar-refractivity contribution >= 4 is 33.0 Å². The number of anilines is 1. The minimum Gasteiger partial charge on any atom is -0.468 e. The Kier molecular flexibility index (Phi) is 6.86. The molecule has 31 heavy (non-hydrogen) atoms. The molecule has 1 saturated heterocycles. The summed E-state index contributed by atoms with van der Waals surface area (Å²) in [7, 11) is -3.46. The van der Waals surface area contributed by atoms with Gasteiger partial charge < -0.3 is 9.73 Å². The van der Waals surface area contributed by atoms with E-state index < -0.39 is 10.0 Å². The number of carbonyl (C=O) groups is 1. The van der Waals surface area contributed by atoms with E-state index in [1.165, 1.54) is 4.31 Å². The third-order valence-electron chi connectivity index (χ3n) is 5.13. The molecule has 2 aromatic heterocycles. The lowest BCUT2D eigenvalue weighted by Crippen LogP contribution is -2.32. The van der Waals surface area contributed by atoms with Crippen molar-refractivity contribution in [2.24, 2.45) is 0 Å². The van der Waals surface area contributed by atoms with Crippen LogP contribution in [0.2, 0.25) is 0 Å². The Bertz CT molecular complexity index is 1040. The first-order valence-corrected chi connectivity index (χ1v) is 12.5. The summed E-state index contributed by atoms with van der Waals surface area (Å²) in [6, 6.07) is 14.1. The van der Waals surface area contributed by atoms with Gasteiger partial charge in [-0.05, 0) is 60.7 Å². The van der Waals surface area contributed by atoms with Crippen molar-refractivity contribution in [2.45, 2.75) is 30.8 Å². The van der Waals surface area contributed by atoms with Crippen LogP contribution in [0.15, 0.2) is 69.5 Å². The maximum absolute atomic E-state index is 12.7. The zero-order valence-corrected chi connectivity index (χ0v) is 18.7. The largest absolute Gasteiger partial charge is 0.468 e. The molecule has 1 N–H and O–H groups in total. The zero-order valence-electron chi connectivity index (χ0n) is 17.1. The van der Waals surface area contributed by atoms with Crippen LogP contribution < -0.4 is 5.32 Å². The molecule has 0 bridgehead atoms. The molecule has 1 aromatic carbocycles. The third kappa shape index (κ3) is 5.62. The van der Waals surface area contributed by atoms with Gasteiger partial charge in [-0.1, -0.05) is 6.07 Å². The Morgan fingerprint density at radius 1 is 1.06 bits per heavy atom. The molecule has 0 atom stereocenters. The molecule has 1 amide bonds. The minimum atomic E-state index is -3.46. The fourth-order valence-corrected chi connectivity index (χ4v) is 5.87. The van der Waals surface area contributed by atoms with Crippen LogP contribution in [0.25, 0.3) is 0 Å². The Labute approximate surface area is 186 Å². The highest BCUT2D eigenvalue weighted by molar-refractivity contribution is 7.89. The normalized spacial score (nSPS) is 14.9. The van der Waals surface area contributed by atoms with Gasteiger partial charge >= 0.3 is 0 Å². The molecular weight excluding hydrogens is 434 g/mol. The van der Waals surface area contributed by atoms with Crippen molar-refractivity contribution < 1.29 is 17.6 Å². The van der Waals surface area contributed by atoms with E-state index in [1.54, 1.807) is 41.9 Å². The Morgan fingerprint density at radius 3 is 2.48 bits per heavy atom. The van der Waals surface area contributed by atoms with E-state index in [9.17, 15) is 13.2 Å². The van der Waals surface area contributed by atoms with E-state index in [-0.39, 0.29) is 17.3 Å². The summed E-state index contributed by atoms with van der Waals surface area (Å²) in [5.74, 6) is 0.624. The lowest BCUT2D eigenvalue weighted by Gasteiger charge is -2.20. The van der Waals surface area contributed by atoms with Crippen LogP contribution in [0.3, 0.4) is 0 Å². The van der Waals surface area contributed by atoms with Crippen molar-refractivity contribution in [3.63, 3.8) is 0 Å². The van der Waals surface area contributed by atoms with Gasteiger partial charge in [-0.2, -0.15) is 4.31 Å². The third-order valence-corrected chi connectivity index (χ3v) is 7.90. The number of nitrogens with one attached hydrogen (secondary N) is 1. The highest BCUT2D eigenvalue weighted by Crippen LogP contribution is 2.22. The van der Waals surface area contributed by atoms with Crippen molar-refractivity contribution in [2.75, 3.05) is 25.0 Å². The molecule has 0 radical (unpaired) electrons. The van der Waals surface area contributed by atoms with Crippen molar-refractivity contribution in [3.05, 3.63) is 70.8 Å². The molecular formula is C22H25N3O4S2. The molecule has 3 heterocycles. The second-order valence-corrected chi connectivity index (χ2v) is 10.5. The summed E-state index contributed by atoms with van der Waals surface area (Å²) in [5.41, 5.74) is 0.569. The van der Waals surface area contributed by atoms with E-state index in [0.717, 1.165) is 23.5 Å². The number of hydrogen-bond donors (Lipinski definition) is 1. The highest BCUT2D eigenvalue weighted by Gasteiger charge is 2.27. The van der Waals surface area contributed by atoms with Gasteiger partial charge in [-0.15, -0.1) is 11.3 Å². The molecule has 0 unspecified atom stereocenters. The van der Waals surface area contributed by atoms with E-state index in [4.69, 9.17) is 4.42 Å². The topological polar surface area (TPSA) is 82.9 Å². The van der Waals surface area contributed by atoms with Crippen molar-refractivity contribution in [1.82, 2.24) is 9.21 Å². The van der Waals surface area contributed by atoms with E-state index in [0.29, 0.717) is 31.9 Å². The second-order valence-electron chi connectivity index (χ2n) is 7.49. The van der Waals surface area contributed by atoms with Crippen molar-refractivity contribution in [1.29, 1.82) is 0 Å². The molecule has 1 aliphatic rings. The Balaban J connectivity index is 1.39. The Morgan fingerprint density at radius 2 is 1.84 bits per heavy atom. The smallest absolute Gasteiger partial charge is 0.243 e. The number of hydrogen-bond acceptors (Lipinski definition) is 6. The van der Waals surface area contributed by atoms with Gasteiger partial charge in [0.25, 0.3) is 0 Å². The second kappa shape index (κ2) is 9.78. The predicted octanol–water partition coefficient (Wildman–Crippen LogP) is 3.77. The van der Waals surface area contributed by atoms with Gasteiger partial charge in [0.2, 0.25) is 15.9 Å². The molecule has 9 heteroatoms. The van der Waals surface area contributed by atoms with Crippen LogP contribution >= 0.6 is 11.3 Å². The monoisotopic (exact) mass is 459 g/mol. The summed E-state index contributed by atoms with van der Waals surface area (Å²) in [6.07, 6.45) is 3.41. The molecule has 1 aliphatic heterocycles. The number of nitrogens with zero attached hydrogens (tertiary/aromatic N) is 2. The average molecular weight is 460 g/mol. The summed E-state index contributed by atoms with van der Waals surface area (Å²) in [6.45, 7) is 2.48. The fourth-order valence-electron chi connectivity index (χ4n) is 3.60. The van der Waals surface area contributed by atoms with Gasteiger partial charge in [-0.25, -0.2) is 8.42 Å². The first-order chi connectivity index (χ1) is 15.0. The van der Waals surface area contributed by atoms with Gasteiger partial charge in [0.05, 0.1) is 24.2 Å². The summed E-state index contributed by atoms with van der Waals surface area (Å²) >= 11 is 1.64. The molecule has 0 aliphatic carbocycles. The molecule has 3 aromatic rings. The first kappa shape index (κ1) is 21.8. The minimum absolute atomic E-state index is 0.168. The standard InChI is InChI=1S/C22H25N3O4S2/c26-22(17-24(15-19-5-3-13-29-19)16-20-6-4-14-30-20)23-18-7-9-21(10-8-18)31(27,28)25-11-1-2-12-25/h3-10,13-14H,1-2,11-12,15-17H2,(H,23,26). The highest BCUT2D eigenvalue weighted by atomic mass is 32.2. The van der Waals surface area contributed by atoms with Crippen LogP contribution in [0.5, 0.6) is 0 Å². The van der Waals surface area contributed by atoms with E-state index in [1.807, 2.05) is 34.5 Å². The quantitative estimate of drug-likeness (QED) is 0.527. The van der Waals surface area contributed by atoms with Crippen LogP contribution in [0, 0.1) is 0 Å². The number of rotatable bonds is 9. The number of thiophene rings is 1. The van der Waals surface area contributed by atoms with E-state index >= 15 is 0 Å². The lowest BCUT2D eigenvalue weighted by atomic mass is 10.3. The van der Waals surface area contributed by atoms with Gasteiger partial charge in [-0.3, -0.25) is 9.69 Å². The van der Waals surface area contributed by atoms with Crippen LogP contribution in [-0.2, 0) is 27.9 Å². The molecule has 0 spiro atoms. The van der Waals surface area contributed by atoms with E-state index in [2.05, 4.69) is 5.32 Å². The molecule has 164 valence electrons. The van der Waals surface area contributed by atoms with Gasteiger partial charge in [0.1, 0.15) is 5.76 Å². The average Bonchev–Trinajstić information content (AvgIpc) is 3.52. The van der Waals surface area contributed by atoms with Gasteiger partial charge in [0, 0.05) is 30.2 Å². The van der Waals surface area contributed by atoms with Crippen LogP contribution in [0.1, 0.15) is 23.5 Å². The first-order valence-electron chi connectivity index (χ1n) is 10.2. The molecule has 4 rings (SSSR count). The maximum atomic E-state index is 12.7. The number of furan rings is 1. The maximum Gasteiger partial charge on any atom is 0.243 e. The number of benzene rings is 1. The summed E-state index contributed by atoms with van der Waals surface area (Å²) in [5, 5.41) is 4.88. The summed E-state index contributed by atoms with van der Waals surface area (Å²) in [4.78, 5) is 16.1. The van der Waals surface area contributed by atoms with Gasteiger partial charge in [0.15, 0.2) is 0 Å². The predicted molar refractivity (Wildman–Crippen MR) is 120 cm³/mol. The number of amides is 1. The fraction of sp³-hybridized carbons (Fsp3) is 0.318. The SMILES string of the molecule is O=C(CN(Cc1ccco1)Cc1cccs1)Nc1ccc(S(=O)(=O)N2CCCC2)cc1. The molecule has 0 saturated carbocycles. The molecule has 1 fully saturated rings. The van der Waals surface area contributed by atoms with Crippen LogP contribution in [-0.4, -0.2) is 43.2 Å². The lowest BCUT2D eigenvalue weighted by molar-refractivity contribution is -0.117. The molecule has 7 nitrogen and oxygen atoms in total.